The van der Waals surface area contributed by atoms with Gasteiger partial charge in [-0.2, -0.15) is 0 Å². The number of halogens is 1. The van der Waals surface area contributed by atoms with Gasteiger partial charge in [0.25, 0.3) is 0 Å². The summed E-state index contributed by atoms with van der Waals surface area (Å²) < 4.78 is 5.77. The van der Waals surface area contributed by atoms with Crippen LogP contribution in [0.5, 0.6) is 11.5 Å². The number of hydrogen-bond acceptors (Lipinski definition) is 3. The van der Waals surface area contributed by atoms with Crippen molar-refractivity contribution >= 4 is 17.6 Å². The van der Waals surface area contributed by atoms with Crippen LogP contribution in [0.1, 0.15) is 32.9 Å². The van der Waals surface area contributed by atoms with Gasteiger partial charge in [-0.25, -0.2) is 4.79 Å². The molecule has 0 radical (unpaired) electrons. The van der Waals surface area contributed by atoms with Gasteiger partial charge in [-0.3, -0.25) is 4.98 Å². The SMILES string of the molecule is Cc1cc(Oc2cc(C)c(Cl)c(C)c2)c(C(=O)O)c(C)n1. The second-order valence-electron chi connectivity index (χ2n) is 5.00. The average Bonchev–Trinajstić information content (AvgIpc) is 2.34. The van der Waals surface area contributed by atoms with Gasteiger partial charge in [0.05, 0.1) is 5.69 Å². The van der Waals surface area contributed by atoms with Gasteiger partial charge >= 0.3 is 5.97 Å². The van der Waals surface area contributed by atoms with Crippen LogP contribution >= 0.6 is 11.6 Å². The van der Waals surface area contributed by atoms with Crippen LogP contribution < -0.4 is 4.74 Å². The molecule has 0 aliphatic rings. The van der Waals surface area contributed by atoms with Gasteiger partial charge in [-0.15, -0.1) is 0 Å². The topological polar surface area (TPSA) is 59.4 Å². The van der Waals surface area contributed by atoms with Gasteiger partial charge < -0.3 is 9.84 Å². The standard InChI is InChI=1S/C16H16ClNO3/c1-8-5-12(6-9(2)15(8)17)21-13-7-10(3)18-11(4)14(13)16(19)20/h5-7H,1-4H3,(H,19,20). The average molecular weight is 306 g/mol. The van der Waals surface area contributed by atoms with Gasteiger partial charge in [-0.1, -0.05) is 11.6 Å². The van der Waals surface area contributed by atoms with E-state index in [1.54, 1.807) is 32.0 Å². The smallest absolute Gasteiger partial charge is 0.341 e. The van der Waals surface area contributed by atoms with Crippen molar-refractivity contribution in [2.45, 2.75) is 27.7 Å². The lowest BCUT2D eigenvalue weighted by molar-refractivity contribution is 0.0693. The first-order chi connectivity index (χ1) is 9.79. The van der Waals surface area contributed by atoms with Crippen LogP contribution in [0.25, 0.3) is 0 Å². The van der Waals surface area contributed by atoms with E-state index in [2.05, 4.69) is 4.98 Å². The van der Waals surface area contributed by atoms with E-state index in [4.69, 9.17) is 16.3 Å². The number of aromatic nitrogens is 1. The Kier molecular flexibility index (Phi) is 4.19. The highest BCUT2D eigenvalue weighted by atomic mass is 35.5. The molecule has 1 aromatic heterocycles. The summed E-state index contributed by atoms with van der Waals surface area (Å²) in [5.41, 5.74) is 2.97. The van der Waals surface area contributed by atoms with Crippen molar-refractivity contribution < 1.29 is 14.6 Å². The highest BCUT2D eigenvalue weighted by Gasteiger charge is 2.17. The normalized spacial score (nSPS) is 10.5. The number of carboxylic acid groups (broad SMARTS) is 1. The van der Waals surface area contributed by atoms with Crippen molar-refractivity contribution in [1.29, 1.82) is 0 Å². The number of aromatic carboxylic acids is 1. The van der Waals surface area contributed by atoms with Crippen LogP contribution in [0.3, 0.4) is 0 Å². The summed E-state index contributed by atoms with van der Waals surface area (Å²) in [5, 5.41) is 10.0. The van der Waals surface area contributed by atoms with Crippen LogP contribution in [0, 0.1) is 27.7 Å². The summed E-state index contributed by atoms with van der Waals surface area (Å²) in [5.74, 6) is -0.215. The van der Waals surface area contributed by atoms with Gasteiger partial charge in [0, 0.05) is 16.8 Å². The van der Waals surface area contributed by atoms with Gasteiger partial charge in [0.15, 0.2) is 0 Å². The minimum Gasteiger partial charge on any atom is -0.477 e. The molecule has 0 atom stereocenters. The fraction of sp³-hybridized carbons (Fsp3) is 0.250. The predicted molar refractivity (Wildman–Crippen MR) is 81.7 cm³/mol. The number of carboxylic acids is 1. The Morgan fingerprint density at radius 2 is 1.71 bits per heavy atom. The molecule has 21 heavy (non-hydrogen) atoms. The second-order valence-corrected chi connectivity index (χ2v) is 5.38. The Morgan fingerprint density at radius 1 is 1.14 bits per heavy atom. The largest absolute Gasteiger partial charge is 0.477 e. The molecule has 0 amide bonds. The summed E-state index contributed by atoms with van der Waals surface area (Å²) in [4.78, 5) is 15.6. The molecule has 1 heterocycles. The van der Waals surface area contributed by atoms with E-state index in [1.807, 2.05) is 13.8 Å². The number of carbonyl (C=O) groups is 1. The zero-order valence-corrected chi connectivity index (χ0v) is 13.1. The molecule has 0 saturated heterocycles. The molecule has 2 aromatic rings. The van der Waals surface area contributed by atoms with Crippen molar-refractivity contribution in [3.05, 3.63) is 51.3 Å². The molecule has 1 aromatic carbocycles. The van der Waals surface area contributed by atoms with Crippen LogP contribution in [-0.2, 0) is 0 Å². The van der Waals surface area contributed by atoms with Crippen LogP contribution in [-0.4, -0.2) is 16.1 Å². The number of benzene rings is 1. The molecular formula is C16H16ClNO3. The fourth-order valence-electron chi connectivity index (χ4n) is 2.23. The molecule has 0 aliphatic carbocycles. The zero-order chi connectivity index (χ0) is 15.7. The molecule has 0 aliphatic heterocycles. The van der Waals surface area contributed by atoms with E-state index in [0.29, 0.717) is 22.2 Å². The molecular weight excluding hydrogens is 290 g/mol. The van der Waals surface area contributed by atoms with E-state index in [9.17, 15) is 9.90 Å². The zero-order valence-electron chi connectivity index (χ0n) is 12.3. The van der Waals surface area contributed by atoms with Gasteiger partial charge in [-0.05, 0) is 51.0 Å². The summed E-state index contributed by atoms with van der Waals surface area (Å²) in [6.07, 6.45) is 0. The maximum Gasteiger partial charge on any atom is 0.341 e. The lowest BCUT2D eigenvalue weighted by Crippen LogP contribution is -2.06. The molecule has 4 nitrogen and oxygen atoms in total. The third-order valence-electron chi connectivity index (χ3n) is 3.14. The van der Waals surface area contributed by atoms with Crippen molar-refractivity contribution in [2.24, 2.45) is 0 Å². The van der Waals surface area contributed by atoms with Crippen LogP contribution in [0.2, 0.25) is 5.02 Å². The van der Waals surface area contributed by atoms with E-state index in [1.165, 1.54) is 0 Å². The Bertz CT molecular complexity index is 703. The minimum atomic E-state index is -1.06. The van der Waals surface area contributed by atoms with E-state index in [-0.39, 0.29) is 11.3 Å². The Morgan fingerprint density at radius 3 is 2.24 bits per heavy atom. The quantitative estimate of drug-likeness (QED) is 0.909. The van der Waals surface area contributed by atoms with E-state index < -0.39 is 5.97 Å². The maximum absolute atomic E-state index is 11.4. The number of hydrogen-bond donors (Lipinski definition) is 1. The number of nitrogens with zero attached hydrogens (tertiary/aromatic N) is 1. The molecule has 0 bridgehead atoms. The Hall–Kier alpha value is -2.07. The second kappa shape index (κ2) is 5.74. The third kappa shape index (κ3) is 3.16. The lowest BCUT2D eigenvalue weighted by atomic mass is 10.1. The minimum absolute atomic E-state index is 0.0749. The fourth-order valence-corrected chi connectivity index (χ4v) is 2.33. The molecule has 0 fully saturated rings. The van der Waals surface area contributed by atoms with Gasteiger partial charge in [0.2, 0.25) is 0 Å². The maximum atomic E-state index is 11.4. The molecule has 5 heteroatoms. The molecule has 0 saturated carbocycles. The van der Waals surface area contributed by atoms with Gasteiger partial charge in [0.1, 0.15) is 17.1 Å². The number of pyridine rings is 1. The number of aryl methyl sites for hydroxylation is 4. The molecule has 110 valence electrons. The first kappa shape index (κ1) is 15.3. The first-order valence-electron chi connectivity index (χ1n) is 6.45. The Labute approximate surface area is 128 Å². The molecule has 0 spiro atoms. The van der Waals surface area contributed by atoms with Crippen LogP contribution in [0.4, 0.5) is 0 Å². The van der Waals surface area contributed by atoms with Crippen molar-refractivity contribution in [2.75, 3.05) is 0 Å². The number of rotatable bonds is 3. The van der Waals surface area contributed by atoms with Crippen molar-refractivity contribution in [1.82, 2.24) is 4.98 Å². The van der Waals surface area contributed by atoms with Crippen molar-refractivity contribution in [3.8, 4) is 11.5 Å². The first-order valence-corrected chi connectivity index (χ1v) is 6.83. The Balaban J connectivity index is 2.51. The lowest BCUT2D eigenvalue weighted by Gasteiger charge is -2.13. The number of ether oxygens (including phenoxy) is 1. The van der Waals surface area contributed by atoms with Crippen LogP contribution in [0.15, 0.2) is 18.2 Å². The summed E-state index contributed by atoms with van der Waals surface area (Å²) in [7, 11) is 0. The highest BCUT2D eigenvalue weighted by Crippen LogP contribution is 2.32. The summed E-state index contributed by atoms with van der Waals surface area (Å²) >= 11 is 6.13. The molecule has 2 rings (SSSR count). The van der Waals surface area contributed by atoms with E-state index >= 15 is 0 Å². The highest BCUT2D eigenvalue weighted by molar-refractivity contribution is 6.32. The summed E-state index contributed by atoms with van der Waals surface area (Å²) in [6.45, 7) is 7.21. The third-order valence-corrected chi connectivity index (χ3v) is 3.74. The van der Waals surface area contributed by atoms with E-state index in [0.717, 1.165) is 11.1 Å². The molecule has 0 unspecified atom stereocenters. The summed E-state index contributed by atoms with van der Waals surface area (Å²) in [6, 6.07) is 5.19. The van der Waals surface area contributed by atoms with Crippen molar-refractivity contribution in [3.63, 3.8) is 0 Å². The predicted octanol–water partition coefficient (Wildman–Crippen LogP) is 4.46. The molecule has 1 N–H and O–H groups in total. The monoisotopic (exact) mass is 305 g/mol.